The number of rotatable bonds is 4. The van der Waals surface area contributed by atoms with E-state index in [0.717, 1.165) is 29.9 Å². The maximum atomic E-state index is 12.7. The molecule has 2 aromatic heterocycles. The number of nitrogens with zero attached hydrogens (tertiary/aromatic N) is 3. The molecule has 0 fully saturated rings. The van der Waals surface area contributed by atoms with E-state index in [1.165, 1.54) is 10.3 Å². The Bertz CT molecular complexity index is 858. The van der Waals surface area contributed by atoms with Crippen LogP contribution in [0.1, 0.15) is 44.3 Å². The molecule has 122 valence electrons. The maximum absolute atomic E-state index is 12.7. The van der Waals surface area contributed by atoms with Gasteiger partial charge in [0.05, 0.1) is 12.3 Å². The van der Waals surface area contributed by atoms with Crippen LogP contribution < -0.4 is 5.56 Å². The lowest BCUT2D eigenvalue weighted by Gasteiger charge is -2.13. The topological polar surface area (TPSA) is 65.6 Å². The second-order valence-corrected chi connectivity index (χ2v) is 5.80. The zero-order valence-electron chi connectivity index (χ0n) is 13.8. The van der Waals surface area contributed by atoms with E-state index in [4.69, 9.17) is 4.74 Å². The first-order chi connectivity index (χ1) is 11.0. The molecule has 0 N–H and O–H groups in total. The summed E-state index contributed by atoms with van der Waals surface area (Å²) in [5.74, 6) is 0.330. The summed E-state index contributed by atoms with van der Waals surface area (Å²) >= 11 is 0. The molecule has 0 spiro atoms. The van der Waals surface area contributed by atoms with Crippen LogP contribution in [0.3, 0.4) is 0 Å². The summed E-state index contributed by atoms with van der Waals surface area (Å²) in [7, 11) is 0. The van der Waals surface area contributed by atoms with Gasteiger partial charge in [0, 0.05) is 6.42 Å². The molecular weight excluding hydrogens is 294 g/mol. The molecule has 3 rings (SSSR count). The number of hydrogen-bond donors (Lipinski definition) is 0. The number of ether oxygens (including phenoxy) is 1. The van der Waals surface area contributed by atoms with Gasteiger partial charge in [0.2, 0.25) is 0 Å². The molecule has 6 heteroatoms. The lowest BCUT2D eigenvalue weighted by atomic mass is 9.99. The second-order valence-electron chi connectivity index (χ2n) is 5.80. The first-order valence-corrected chi connectivity index (χ1v) is 8.02. The van der Waals surface area contributed by atoms with Gasteiger partial charge in [-0.1, -0.05) is 12.5 Å². The van der Waals surface area contributed by atoms with E-state index in [9.17, 15) is 9.59 Å². The van der Waals surface area contributed by atoms with Crippen molar-refractivity contribution in [1.82, 2.24) is 14.2 Å². The summed E-state index contributed by atoms with van der Waals surface area (Å²) in [5.41, 5.74) is 3.84. The van der Waals surface area contributed by atoms with Crippen molar-refractivity contribution in [2.24, 2.45) is 0 Å². The highest BCUT2D eigenvalue weighted by atomic mass is 16.5. The van der Waals surface area contributed by atoms with Crippen LogP contribution in [0.4, 0.5) is 0 Å². The van der Waals surface area contributed by atoms with Crippen LogP contribution in [0, 0.1) is 0 Å². The third-order valence-electron chi connectivity index (χ3n) is 4.14. The molecule has 0 atom stereocenters. The molecule has 2 heterocycles. The number of carbonyl (C=O) groups is 1. The lowest BCUT2D eigenvalue weighted by Crippen LogP contribution is -2.30. The molecule has 1 aliphatic carbocycles. The fourth-order valence-electron chi connectivity index (χ4n) is 3.03. The number of aromatic nitrogens is 3. The Kier molecular flexibility index (Phi) is 4.07. The summed E-state index contributed by atoms with van der Waals surface area (Å²) in [6.45, 7) is 5.97. The highest BCUT2D eigenvalue weighted by Crippen LogP contribution is 2.26. The molecule has 23 heavy (non-hydrogen) atoms. The third kappa shape index (κ3) is 2.69. The Labute approximate surface area is 134 Å². The van der Waals surface area contributed by atoms with Crippen LogP contribution >= 0.6 is 0 Å². The first-order valence-electron chi connectivity index (χ1n) is 8.02. The van der Waals surface area contributed by atoms with E-state index in [1.807, 2.05) is 17.4 Å². The zero-order chi connectivity index (χ0) is 16.6. The van der Waals surface area contributed by atoms with Crippen molar-refractivity contribution < 1.29 is 9.53 Å². The van der Waals surface area contributed by atoms with Gasteiger partial charge in [0.15, 0.2) is 0 Å². The van der Waals surface area contributed by atoms with Crippen molar-refractivity contribution in [3.8, 4) is 0 Å². The van der Waals surface area contributed by atoms with Crippen LogP contribution in [0.2, 0.25) is 0 Å². The van der Waals surface area contributed by atoms with Gasteiger partial charge in [-0.15, -0.1) is 0 Å². The predicted molar refractivity (Wildman–Crippen MR) is 87.4 cm³/mol. The largest absolute Gasteiger partial charge is 0.465 e. The molecule has 0 saturated heterocycles. The Morgan fingerprint density at radius 2 is 2.13 bits per heavy atom. The quantitative estimate of drug-likeness (QED) is 0.809. The number of esters is 1. The Morgan fingerprint density at radius 3 is 2.83 bits per heavy atom. The molecule has 1 aliphatic rings. The van der Waals surface area contributed by atoms with Crippen LogP contribution in [-0.4, -0.2) is 26.8 Å². The van der Waals surface area contributed by atoms with Gasteiger partial charge < -0.3 is 4.74 Å². The average Bonchev–Trinajstić information content (AvgIpc) is 2.89. The van der Waals surface area contributed by atoms with Crippen LogP contribution in [0.15, 0.2) is 16.4 Å². The molecule has 0 aromatic carbocycles. The van der Waals surface area contributed by atoms with Gasteiger partial charge >= 0.3 is 5.97 Å². The maximum Gasteiger partial charge on any atom is 0.327 e. The van der Waals surface area contributed by atoms with Crippen LogP contribution in [0.25, 0.3) is 11.6 Å². The molecule has 0 bridgehead atoms. The highest BCUT2D eigenvalue weighted by Gasteiger charge is 2.20. The fraction of sp³-hybridized carbons (Fsp3) is 0.471. The van der Waals surface area contributed by atoms with Gasteiger partial charge in [0.1, 0.15) is 17.9 Å². The minimum atomic E-state index is -0.444. The van der Waals surface area contributed by atoms with Crippen molar-refractivity contribution in [2.75, 3.05) is 6.61 Å². The van der Waals surface area contributed by atoms with E-state index in [1.54, 1.807) is 6.92 Å². The highest BCUT2D eigenvalue weighted by molar-refractivity contribution is 5.69. The van der Waals surface area contributed by atoms with Gasteiger partial charge in [-0.2, -0.15) is 5.10 Å². The first kappa shape index (κ1) is 15.5. The van der Waals surface area contributed by atoms with Crippen molar-refractivity contribution in [2.45, 2.75) is 46.6 Å². The van der Waals surface area contributed by atoms with Crippen molar-refractivity contribution >= 4 is 17.6 Å². The van der Waals surface area contributed by atoms with E-state index >= 15 is 0 Å². The average molecular weight is 315 g/mol. The van der Waals surface area contributed by atoms with E-state index < -0.39 is 5.97 Å². The molecule has 0 saturated carbocycles. The molecule has 0 unspecified atom stereocenters. The number of hydrogen-bond acceptors (Lipinski definition) is 4. The summed E-state index contributed by atoms with van der Waals surface area (Å²) in [5, 5.41) is 4.38. The standard InChI is InChI=1S/C17H21N3O3/c1-4-15-18-19(10-16(21)23-5-2)17(22)14-9-12-7-6-11(3)8-13(12)20(14)15/h8-9H,4-7,10H2,1-3H3. The van der Waals surface area contributed by atoms with Gasteiger partial charge in [-0.25, -0.2) is 4.68 Å². The van der Waals surface area contributed by atoms with Crippen molar-refractivity contribution in [3.05, 3.63) is 39.1 Å². The number of aryl methyl sites for hydroxylation is 2. The number of carbonyl (C=O) groups excluding carboxylic acids is 1. The number of fused-ring (bicyclic) bond motifs is 3. The minimum Gasteiger partial charge on any atom is -0.465 e. The molecular formula is C17H21N3O3. The van der Waals surface area contributed by atoms with Crippen LogP contribution in [0.5, 0.6) is 0 Å². The van der Waals surface area contributed by atoms with E-state index in [-0.39, 0.29) is 12.1 Å². The normalized spacial score (nSPS) is 13.8. The van der Waals surface area contributed by atoms with E-state index in [0.29, 0.717) is 18.5 Å². The number of allylic oxidation sites excluding steroid dienone is 1. The molecule has 0 radical (unpaired) electrons. The SMILES string of the molecule is CCOC(=O)Cn1nc(CC)n2c3c(cc2c1=O)CCC(C)=C3. The molecule has 0 aliphatic heterocycles. The Balaban J connectivity index is 2.19. The Morgan fingerprint density at radius 1 is 1.35 bits per heavy atom. The third-order valence-corrected chi connectivity index (χ3v) is 4.14. The van der Waals surface area contributed by atoms with Gasteiger partial charge in [-0.05, 0) is 44.4 Å². The molecule has 6 nitrogen and oxygen atoms in total. The van der Waals surface area contributed by atoms with E-state index in [2.05, 4.69) is 18.1 Å². The predicted octanol–water partition coefficient (Wildman–Crippen LogP) is 1.97. The Hall–Kier alpha value is -2.37. The summed E-state index contributed by atoms with van der Waals surface area (Å²) in [6, 6.07) is 1.93. The lowest BCUT2D eigenvalue weighted by molar-refractivity contribution is -0.144. The molecule has 2 aromatic rings. The summed E-state index contributed by atoms with van der Waals surface area (Å²) in [6.07, 6.45) is 4.74. The van der Waals surface area contributed by atoms with Gasteiger partial charge in [0.25, 0.3) is 5.56 Å². The van der Waals surface area contributed by atoms with Crippen molar-refractivity contribution in [3.63, 3.8) is 0 Å². The summed E-state index contributed by atoms with van der Waals surface area (Å²) < 4.78 is 8.08. The summed E-state index contributed by atoms with van der Waals surface area (Å²) in [4.78, 5) is 24.4. The fourth-order valence-corrected chi connectivity index (χ4v) is 3.03. The van der Waals surface area contributed by atoms with Crippen molar-refractivity contribution in [1.29, 1.82) is 0 Å². The minimum absolute atomic E-state index is 0.152. The molecule has 0 amide bonds. The van der Waals surface area contributed by atoms with Gasteiger partial charge in [-0.3, -0.25) is 14.0 Å². The van der Waals surface area contributed by atoms with Crippen LogP contribution in [-0.2, 0) is 28.9 Å². The zero-order valence-corrected chi connectivity index (χ0v) is 13.8. The smallest absolute Gasteiger partial charge is 0.327 e. The second kappa shape index (κ2) is 6.02. The monoisotopic (exact) mass is 315 g/mol.